The molecular formula is C27H46O5. The third-order valence-corrected chi connectivity index (χ3v) is 8.56. The number of hydrogen-bond donors (Lipinski definition) is 0. The average Bonchev–Trinajstić information content (AvgIpc) is 3.38. The van der Waals surface area contributed by atoms with Crippen LogP contribution in [0.1, 0.15) is 80.6 Å². The highest BCUT2D eigenvalue weighted by Gasteiger charge is 2.61. The zero-order chi connectivity index (χ0) is 23.6. The fraction of sp³-hybridized carbons (Fsp3) is 0.926. The number of fused-ring (bicyclic) bond motifs is 5. The molecule has 184 valence electrons. The lowest BCUT2D eigenvalue weighted by atomic mass is 9.71. The molecule has 0 N–H and O–H groups in total. The molecule has 0 saturated heterocycles. The molecule has 5 heteroatoms. The molecule has 0 aliphatic heterocycles. The summed E-state index contributed by atoms with van der Waals surface area (Å²) in [5.74, 6) is 4.27. The fourth-order valence-corrected chi connectivity index (χ4v) is 7.42. The van der Waals surface area contributed by atoms with Crippen molar-refractivity contribution < 1.29 is 23.8 Å². The Morgan fingerprint density at radius 1 is 1.00 bits per heavy atom. The molecule has 3 saturated carbocycles. The molecule has 0 amide bonds. The van der Waals surface area contributed by atoms with Crippen LogP contribution in [0.4, 0.5) is 0 Å². The minimum absolute atomic E-state index is 0.0101. The van der Waals surface area contributed by atoms with Crippen LogP contribution in [0.2, 0.25) is 0 Å². The zero-order valence-electron chi connectivity index (χ0n) is 21.3. The van der Waals surface area contributed by atoms with Gasteiger partial charge in [0.15, 0.2) is 6.29 Å². The zero-order valence-corrected chi connectivity index (χ0v) is 21.3. The van der Waals surface area contributed by atoms with Gasteiger partial charge in [0.2, 0.25) is 0 Å². The van der Waals surface area contributed by atoms with Crippen LogP contribution in [0, 0.1) is 59.2 Å². The average molecular weight is 451 g/mol. The molecular weight excluding hydrogens is 404 g/mol. The van der Waals surface area contributed by atoms with Crippen LogP contribution in [0.3, 0.4) is 0 Å². The van der Waals surface area contributed by atoms with E-state index in [-0.39, 0.29) is 23.8 Å². The van der Waals surface area contributed by atoms with E-state index in [1.54, 1.807) is 6.92 Å². The Balaban J connectivity index is 1.56. The minimum Gasteiger partial charge on any atom is -0.465 e. The molecule has 3 aliphatic carbocycles. The Hall–Kier alpha value is -1.10. The van der Waals surface area contributed by atoms with E-state index in [1.807, 2.05) is 6.92 Å². The van der Waals surface area contributed by atoms with E-state index in [0.717, 1.165) is 31.6 Å². The van der Waals surface area contributed by atoms with Crippen molar-refractivity contribution in [2.75, 3.05) is 13.2 Å². The molecule has 0 spiro atoms. The van der Waals surface area contributed by atoms with Gasteiger partial charge in [-0.3, -0.25) is 9.59 Å². The molecule has 32 heavy (non-hydrogen) atoms. The second kappa shape index (κ2) is 10.9. The third kappa shape index (κ3) is 5.51. The first-order valence-corrected chi connectivity index (χ1v) is 13.1. The van der Waals surface area contributed by atoms with Crippen molar-refractivity contribution in [2.24, 2.45) is 59.2 Å². The lowest BCUT2D eigenvalue weighted by molar-refractivity contribution is -0.181. The van der Waals surface area contributed by atoms with Crippen LogP contribution in [0.5, 0.6) is 0 Å². The SMILES string of the molecule is CCOC(C)OC(=O)C1CC2CC1C1C(CCOC(=O)C(CC(C)C)C(C)C)CC(C)C21. The maximum absolute atomic E-state index is 12.9. The molecule has 2 bridgehead atoms. The molecule has 0 radical (unpaired) electrons. The highest BCUT2D eigenvalue weighted by molar-refractivity contribution is 5.74. The molecule has 3 fully saturated rings. The van der Waals surface area contributed by atoms with Crippen molar-refractivity contribution in [3.05, 3.63) is 0 Å². The van der Waals surface area contributed by atoms with Crippen LogP contribution in [0.15, 0.2) is 0 Å². The van der Waals surface area contributed by atoms with Crippen molar-refractivity contribution in [1.29, 1.82) is 0 Å². The molecule has 3 rings (SSSR count). The van der Waals surface area contributed by atoms with Crippen LogP contribution in [0.25, 0.3) is 0 Å². The summed E-state index contributed by atoms with van der Waals surface area (Å²) >= 11 is 0. The van der Waals surface area contributed by atoms with Gasteiger partial charge in [0, 0.05) is 6.61 Å². The second-order valence-corrected chi connectivity index (χ2v) is 11.5. The van der Waals surface area contributed by atoms with Crippen LogP contribution < -0.4 is 0 Å². The van der Waals surface area contributed by atoms with Gasteiger partial charge >= 0.3 is 11.9 Å². The van der Waals surface area contributed by atoms with E-state index in [1.165, 1.54) is 6.42 Å². The van der Waals surface area contributed by atoms with Crippen molar-refractivity contribution in [3.63, 3.8) is 0 Å². The summed E-state index contributed by atoms with van der Waals surface area (Å²) in [5, 5.41) is 0. The fourth-order valence-electron chi connectivity index (χ4n) is 7.42. The summed E-state index contributed by atoms with van der Waals surface area (Å²) in [7, 11) is 0. The van der Waals surface area contributed by atoms with Gasteiger partial charge in [-0.15, -0.1) is 0 Å². The highest BCUT2D eigenvalue weighted by atomic mass is 16.7. The van der Waals surface area contributed by atoms with Crippen molar-refractivity contribution in [2.45, 2.75) is 86.9 Å². The first kappa shape index (κ1) is 25.5. The molecule has 0 aromatic heterocycles. The smallest absolute Gasteiger partial charge is 0.311 e. The van der Waals surface area contributed by atoms with E-state index < -0.39 is 6.29 Å². The van der Waals surface area contributed by atoms with Crippen molar-refractivity contribution >= 4 is 11.9 Å². The monoisotopic (exact) mass is 450 g/mol. The second-order valence-electron chi connectivity index (χ2n) is 11.5. The molecule has 0 aromatic rings. The number of hydrogen-bond acceptors (Lipinski definition) is 5. The third-order valence-electron chi connectivity index (χ3n) is 8.56. The summed E-state index contributed by atoms with van der Waals surface area (Å²) in [4.78, 5) is 25.6. The maximum Gasteiger partial charge on any atom is 0.311 e. The molecule has 9 atom stereocenters. The van der Waals surface area contributed by atoms with Gasteiger partial charge in [-0.25, -0.2) is 0 Å². The Morgan fingerprint density at radius 3 is 2.34 bits per heavy atom. The van der Waals surface area contributed by atoms with Gasteiger partial charge in [-0.1, -0.05) is 34.6 Å². The lowest BCUT2D eigenvalue weighted by Crippen LogP contribution is -2.36. The van der Waals surface area contributed by atoms with E-state index in [0.29, 0.717) is 54.6 Å². The summed E-state index contributed by atoms with van der Waals surface area (Å²) < 4.78 is 16.8. The predicted octanol–water partition coefficient (Wildman–Crippen LogP) is 5.71. The van der Waals surface area contributed by atoms with Crippen LogP contribution in [-0.2, 0) is 23.8 Å². The summed E-state index contributed by atoms with van der Waals surface area (Å²) in [6.07, 6.45) is 4.65. The Labute approximate surface area is 195 Å². The van der Waals surface area contributed by atoms with Gasteiger partial charge in [0.1, 0.15) is 0 Å². The Kier molecular flexibility index (Phi) is 8.68. The first-order chi connectivity index (χ1) is 15.1. The number of carbonyl (C=O) groups excluding carboxylic acids is 2. The van der Waals surface area contributed by atoms with Crippen molar-refractivity contribution in [3.8, 4) is 0 Å². The Bertz CT molecular complexity index is 644. The lowest BCUT2D eigenvalue weighted by Gasteiger charge is -2.35. The standard InChI is InChI=1S/C27H46O5/c1-8-30-18(7)32-27(29)23-14-20-13-22(23)25-19(12-17(6)24(20)25)9-10-31-26(28)21(16(4)5)11-15(2)3/h15-25H,8-14H2,1-7H3. The first-order valence-electron chi connectivity index (χ1n) is 13.1. The summed E-state index contributed by atoms with van der Waals surface area (Å²) in [6.45, 7) is 15.7. The number of rotatable bonds is 11. The molecule has 3 aliphatic rings. The van der Waals surface area contributed by atoms with Gasteiger partial charge in [-0.2, -0.15) is 0 Å². The quantitative estimate of drug-likeness (QED) is 0.298. The maximum atomic E-state index is 12.9. The highest BCUT2D eigenvalue weighted by Crippen LogP contribution is 2.65. The summed E-state index contributed by atoms with van der Waals surface area (Å²) in [5.41, 5.74) is 0. The number of ether oxygens (including phenoxy) is 3. The van der Waals surface area contributed by atoms with Crippen LogP contribution in [-0.4, -0.2) is 31.4 Å². The van der Waals surface area contributed by atoms with Gasteiger partial charge < -0.3 is 14.2 Å². The van der Waals surface area contributed by atoms with Gasteiger partial charge in [-0.05, 0) is 93.3 Å². The molecule has 5 nitrogen and oxygen atoms in total. The normalized spacial score (nSPS) is 35.2. The summed E-state index contributed by atoms with van der Waals surface area (Å²) in [6, 6.07) is 0. The van der Waals surface area contributed by atoms with E-state index in [2.05, 4.69) is 34.6 Å². The van der Waals surface area contributed by atoms with E-state index in [4.69, 9.17) is 14.2 Å². The van der Waals surface area contributed by atoms with Gasteiger partial charge in [0.25, 0.3) is 0 Å². The molecule has 0 heterocycles. The number of carbonyl (C=O) groups is 2. The Morgan fingerprint density at radius 2 is 1.72 bits per heavy atom. The predicted molar refractivity (Wildman–Crippen MR) is 124 cm³/mol. The minimum atomic E-state index is -0.472. The topological polar surface area (TPSA) is 61.8 Å². The molecule has 0 aromatic carbocycles. The van der Waals surface area contributed by atoms with Crippen molar-refractivity contribution in [1.82, 2.24) is 0 Å². The number of esters is 2. The largest absolute Gasteiger partial charge is 0.465 e. The molecule has 9 unspecified atom stereocenters. The van der Waals surface area contributed by atoms with Gasteiger partial charge in [0.05, 0.1) is 18.4 Å². The van der Waals surface area contributed by atoms with E-state index in [9.17, 15) is 9.59 Å². The van der Waals surface area contributed by atoms with Crippen LogP contribution >= 0.6 is 0 Å². The van der Waals surface area contributed by atoms with E-state index >= 15 is 0 Å².